The van der Waals surface area contributed by atoms with Gasteiger partial charge in [-0.3, -0.25) is 9.59 Å². The van der Waals surface area contributed by atoms with Crippen molar-refractivity contribution >= 4 is 12.2 Å². The highest BCUT2D eigenvalue weighted by Crippen LogP contribution is 2.29. The number of aryl methyl sites for hydroxylation is 1. The summed E-state index contributed by atoms with van der Waals surface area (Å²) in [6.07, 6.45) is -2.74. The van der Waals surface area contributed by atoms with Crippen LogP contribution in [0.1, 0.15) is 42.5 Å². The molecule has 1 aliphatic rings. The van der Waals surface area contributed by atoms with Gasteiger partial charge in [0, 0.05) is 0 Å². The van der Waals surface area contributed by atoms with E-state index < -0.39 is 12.5 Å². The van der Waals surface area contributed by atoms with Crippen molar-refractivity contribution in [2.45, 2.75) is 57.2 Å². The number of nitrogens with one attached hydrogen (secondary N) is 2. The Labute approximate surface area is 186 Å². The van der Waals surface area contributed by atoms with Gasteiger partial charge in [-0.15, -0.1) is 0 Å². The van der Waals surface area contributed by atoms with Crippen LogP contribution in [0.5, 0.6) is 0 Å². The van der Waals surface area contributed by atoms with Crippen LogP contribution in [-0.2, 0) is 27.4 Å². The van der Waals surface area contributed by atoms with Crippen LogP contribution in [0, 0.1) is 0 Å². The molecular weight excluding hydrogens is 421 g/mol. The Kier molecular flexibility index (Phi) is 9.87. The topological polar surface area (TPSA) is 67.4 Å². The molecule has 0 saturated heterocycles. The fourth-order valence-electron chi connectivity index (χ4n) is 3.64. The van der Waals surface area contributed by atoms with Gasteiger partial charge in [0.25, 0.3) is 0 Å². The maximum absolute atomic E-state index is 12.9. The third-order valence-corrected chi connectivity index (χ3v) is 5.24. The van der Waals surface area contributed by atoms with E-state index in [-0.39, 0.29) is 24.1 Å². The fourth-order valence-corrected chi connectivity index (χ4v) is 3.64. The molecule has 0 heterocycles. The van der Waals surface area contributed by atoms with Gasteiger partial charge in [0.1, 0.15) is 6.04 Å². The SMILES string of the molecule is CN[C@H](C(=O)NC1CCCc2ccccc21)C(C)OCc1ccccc1.O=CC(F)(F)F. The minimum absolute atomic E-state index is 0.00485. The lowest BCUT2D eigenvalue weighted by Gasteiger charge is -2.29. The number of hydrogen-bond donors (Lipinski definition) is 2. The summed E-state index contributed by atoms with van der Waals surface area (Å²) in [5.41, 5.74) is 3.70. The number of hydrogen-bond acceptors (Lipinski definition) is 4. The summed E-state index contributed by atoms with van der Waals surface area (Å²) in [5.74, 6) is -0.00485. The Morgan fingerprint density at radius 1 is 1.16 bits per heavy atom. The number of amides is 1. The predicted octanol–water partition coefficient (Wildman–Crippen LogP) is 4.12. The lowest BCUT2D eigenvalue weighted by atomic mass is 9.87. The van der Waals surface area contributed by atoms with Crippen LogP contribution in [0.25, 0.3) is 0 Å². The number of benzene rings is 2. The summed E-state index contributed by atoms with van der Waals surface area (Å²) in [7, 11) is 1.81. The monoisotopic (exact) mass is 450 g/mol. The van der Waals surface area contributed by atoms with Crippen LogP contribution in [0.3, 0.4) is 0 Å². The second-order valence-electron chi connectivity index (χ2n) is 7.58. The first-order valence-corrected chi connectivity index (χ1v) is 10.5. The molecular formula is C24H29F3N2O3. The molecule has 174 valence electrons. The maximum Gasteiger partial charge on any atom is 0.446 e. The second kappa shape index (κ2) is 12.4. The molecule has 0 fully saturated rings. The molecule has 3 atom stereocenters. The molecule has 0 bridgehead atoms. The largest absolute Gasteiger partial charge is 0.446 e. The van der Waals surface area contributed by atoms with Crippen molar-refractivity contribution in [2.75, 3.05) is 7.05 Å². The number of carbonyl (C=O) groups excluding carboxylic acids is 2. The predicted molar refractivity (Wildman–Crippen MR) is 116 cm³/mol. The maximum atomic E-state index is 12.9. The van der Waals surface area contributed by atoms with Gasteiger partial charge >= 0.3 is 6.18 Å². The lowest BCUT2D eigenvalue weighted by molar-refractivity contribution is -0.156. The van der Waals surface area contributed by atoms with E-state index in [1.165, 1.54) is 11.1 Å². The summed E-state index contributed by atoms with van der Waals surface area (Å²) in [4.78, 5) is 21.6. The first kappa shape index (κ1) is 25.5. The van der Waals surface area contributed by atoms with Crippen molar-refractivity contribution in [2.24, 2.45) is 0 Å². The quantitative estimate of drug-likeness (QED) is 0.623. The third-order valence-electron chi connectivity index (χ3n) is 5.24. The summed E-state index contributed by atoms with van der Waals surface area (Å²) in [6, 6.07) is 18.1. The van der Waals surface area contributed by atoms with Crippen LogP contribution < -0.4 is 10.6 Å². The normalized spacial score (nSPS) is 17.2. The minimum Gasteiger partial charge on any atom is -0.372 e. The van der Waals surface area contributed by atoms with Gasteiger partial charge in [0.2, 0.25) is 12.2 Å². The Bertz CT molecular complexity index is 859. The van der Waals surface area contributed by atoms with Crippen LogP contribution in [0.4, 0.5) is 13.2 Å². The van der Waals surface area contributed by atoms with Crippen molar-refractivity contribution in [3.63, 3.8) is 0 Å². The van der Waals surface area contributed by atoms with E-state index in [9.17, 15) is 18.0 Å². The van der Waals surface area contributed by atoms with E-state index in [4.69, 9.17) is 9.53 Å². The summed E-state index contributed by atoms with van der Waals surface area (Å²) < 4.78 is 37.2. The Morgan fingerprint density at radius 3 is 2.41 bits per heavy atom. The first-order valence-electron chi connectivity index (χ1n) is 10.5. The second-order valence-corrected chi connectivity index (χ2v) is 7.58. The van der Waals surface area contributed by atoms with Crippen LogP contribution >= 0.6 is 0 Å². The minimum atomic E-state index is -4.64. The van der Waals surface area contributed by atoms with Crippen LogP contribution in [-0.4, -0.2) is 37.6 Å². The Morgan fingerprint density at radius 2 is 1.78 bits per heavy atom. The molecule has 2 aromatic carbocycles. The average Bonchev–Trinajstić information content (AvgIpc) is 2.79. The molecule has 1 amide bonds. The van der Waals surface area contributed by atoms with Gasteiger partial charge in [0.15, 0.2) is 0 Å². The van der Waals surface area contributed by atoms with E-state index >= 15 is 0 Å². The zero-order chi connectivity index (χ0) is 23.6. The highest BCUT2D eigenvalue weighted by Gasteiger charge is 2.28. The molecule has 8 heteroatoms. The van der Waals surface area contributed by atoms with Crippen molar-refractivity contribution in [1.29, 1.82) is 0 Å². The van der Waals surface area contributed by atoms with Gasteiger partial charge in [-0.05, 0) is 49.9 Å². The zero-order valence-electron chi connectivity index (χ0n) is 18.2. The molecule has 0 aromatic heterocycles. The molecule has 32 heavy (non-hydrogen) atoms. The van der Waals surface area contributed by atoms with E-state index in [0.717, 1.165) is 24.8 Å². The van der Waals surface area contributed by atoms with Crippen LogP contribution in [0.15, 0.2) is 54.6 Å². The average molecular weight is 451 g/mol. The molecule has 0 saturated carbocycles. The number of aldehydes is 1. The van der Waals surface area contributed by atoms with Crippen molar-refractivity contribution in [1.82, 2.24) is 10.6 Å². The highest BCUT2D eigenvalue weighted by molar-refractivity contribution is 5.82. The van der Waals surface area contributed by atoms with Crippen LogP contribution in [0.2, 0.25) is 0 Å². The number of alkyl halides is 3. The Hall–Kier alpha value is -2.71. The number of rotatable bonds is 7. The lowest BCUT2D eigenvalue weighted by Crippen LogP contribution is -2.50. The van der Waals surface area contributed by atoms with E-state index in [1.54, 1.807) is 7.05 Å². The summed E-state index contributed by atoms with van der Waals surface area (Å²) in [5, 5.41) is 6.34. The van der Waals surface area contributed by atoms with Crippen molar-refractivity contribution in [3.05, 3.63) is 71.3 Å². The number of likely N-dealkylation sites (N-methyl/N-ethyl adjacent to an activating group) is 1. The molecule has 5 nitrogen and oxygen atoms in total. The summed E-state index contributed by atoms with van der Waals surface area (Å²) in [6.45, 7) is 2.44. The Balaban J connectivity index is 0.000000534. The van der Waals surface area contributed by atoms with Crippen molar-refractivity contribution < 1.29 is 27.5 Å². The smallest absolute Gasteiger partial charge is 0.372 e. The first-order chi connectivity index (χ1) is 15.2. The molecule has 0 radical (unpaired) electrons. The van der Waals surface area contributed by atoms with Gasteiger partial charge in [-0.25, -0.2) is 0 Å². The van der Waals surface area contributed by atoms with Gasteiger partial charge in [-0.2, -0.15) is 13.2 Å². The molecule has 3 rings (SSSR count). The van der Waals surface area contributed by atoms with Gasteiger partial charge < -0.3 is 15.4 Å². The number of carbonyl (C=O) groups is 2. The zero-order valence-corrected chi connectivity index (χ0v) is 18.2. The van der Waals surface area contributed by atoms with E-state index in [0.29, 0.717) is 6.61 Å². The van der Waals surface area contributed by atoms with E-state index in [1.807, 2.05) is 43.3 Å². The number of ether oxygens (including phenoxy) is 1. The molecule has 0 aliphatic heterocycles. The molecule has 2 aromatic rings. The summed E-state index contributed by atoms with van der Waals surface area (Å²) >= 11 is 0. The van der Waals surface area contributed by atoms with Crippen molar-refractivity contribution in [3.8, 4) is 0 Å². The molecule has 2 unspecified atom stereocenters. The van der Waals surface area contributed by atoms with Gasteiger partial charge in [-0.1, -0.05) is 54.6 Å². The fraction of sp³-hybridized carbons (Fsp3) is 0.417. The number of fused-ring (bicyclic) bond motifs is 1. The highest BCUT2D eigenvalue weighted by atomic mass is 19.4. The molecule has 1 aliphatic carbocycles. The van der Waals surface area contributed by atoms with E-state index in [2.05, 4.69) is 28.8 Å². The number of halogens is 3. The van der Waals surface area contributed by atoms with Gasteiger partial charge in [0.05, 0.1) is 18.8 Å². The molecule has 2 N–H and O–H groups in total. The standard InChI is InChI=1S/C22H28N2O2.C2HF3O/c1-16(26-15-17-9-4-3-5-10-17)21(23-2)22(25)24-20-14-8-12-18-11-6-7-13-19(18)20;3-2(4,5)1-6/h3-7,9-11,13,16,20-21,23H,8,12,14-15H2,1-2H3,(H,24,25);1H/t16?,20?,21-;/m0./s1. The third kappa shape index (κ3) is 8.09. The molecule has 0 spiro atoms.